The van der Waals surface area contributed by atoms with Gasteiger partial charge in [0.1, 0.15) is 5.69 Å². The van der Waals surface area contributed by atoms with Gasteiger partial charge in [-0.2, -0.15) is 13.2 Å². The molecule has 2 aromatic rings. The number of sulfone groups is 1. The van der Waals surface area contributed by atoms with E-state index in [1.165, 1.54) is 0 Å². The van der Waals surface area contributed by atoms with E-state index in [0.29, 0.717) is 12.1 Å². The van der Waals surface area contributed by atoms with Gasteiger partial charge in [0.25, 0.3) is 15.5 Å². The van der Waals surface area contributed by atoms with Crippen LogP contribution in [0.3, 0.4) is 0 Å². The van der Waals surface area contributed by atoms with E-state index in [1.807, 2.05) is 19.1 Å². The molecule has 0 aliphatic heterocycles. The van der Waals surface area contributed by atoms with Crippen molar-refractivity contribution in [2.75, 3.05) is 5.32 Å². The standard InChI is InChI=1S/C15H13F3N2O4S/c1-10-4-2-3-5-11(10)9-19-13-7-6-12(8-14(13)20(21)22)25(23,24)15(16,17)18/h2-8,19H,9H2,1H3. The number of halogens is 3. The molecule has 0 amide bonds. The molecule has 0 bridgehead atoms. The lowest BCUT2D eigenvalue weighted by Gasteiger charge is -2.12. The first-order valence-corrected chi connectivity index (χ1v) is 8.40. The first kappa shape index (κ1) is 18.7. The molecule has 0 saturated heterocycles. The van der Waals surface area contributed by atoms with Crippen molar-refractivity contribution in [2.45, 2.75) is 23.9 Å². The van der Waals surface area contributed by atoms with Gasteiger partial charge in [0.15, 0.2) is 0 Å². The molecule has 6 nitrogen and oxygen atoms in total. The van der Waals surface area contributed by atoms with Crippen LogP contribution in [0, 0.1) is 17.0 Å². The van der Waals surface area contributed by atoms with Gasteiger partial charge in [-0.05, 0) is 30.2 Å². The molecule has 0 atom stereocenters. The molecule has 2 aromatic carbocycles. The number of nitro benzene ring substituents is 1. The smallest absolute Gasteiger partial charge is 0.375 e. The van der Waals surface area contributed by atoms with E-state index in [1.54, 1.807) is 12.1 Å². The van der Waals surface area contributed by atoms with Crippen LogP contribution in [-0.2, 0) is 16.4 Å². The van der Waals surface area contributed by atoms with Gasteiger partial charge < -0.3 is 5.32 Å². The lowest BCUT2D eigenvalue weighted by molar-refractivity contribution is -0.384. The van der Waals surface area contributed by atoms with Gasteiger partial charge in [-0.25, -0.2) is 8.42 Å². The van der Waals surface area contributed by atoms with Crippen LogP contribution in [-0.4, -0.2) is 18.8 Å². The van der Waals surface area contributed by atoms with E-state index in [-0.39, 0.29) is 12.2 Å². The zero-order valence-electron chi connectivity index (χ0n) is 12.9. The highest BCUT2D eigenvalue weighted by Gasteiger charge is 2.47. The third kappa shape index (κ3) is 3.90. The molecule has 0 fully saturated rings. The average Bonchev–Trinajstić information content (AvgIpc) is 2.52. The van der Waals surface area contributed by atoms with Crippen LogP contribution in [0.2, 0.25) is 0 Å². The quantitative estimate of drug-likeness (QED) is 0.635. The van der Waals surface area contributed by atoms with Crippen LogP contribution in [0.25, 0.3) is 0 Å². The first-order valence-electron chi connectivity index (χ1n) is 6.92. The summed E-state index contributed by atoms with van der Waals surface area (Å²) in [6.07, 6.45) is 0. The minimum Gasteiger partial charge on any atom is -0.375 e. The number of rotatable bonds is 5. The van der Waals surface area contributed by atoms with Crippen LogP contribution in [0.15, 0.2) is 47.4 Å². The second-order valence-electron chi connectivity index (χ2n) is 5.17. The van der Waals surface area contributed by atoms with E-state index in [9.17, 15) is 31.7 Å². The number of nitrogens with zero attached hydrogens (tertiary/aromatic N) is 1. The van der Waals surface area contributed by atoms with E-state index < -0.39 is 30.9 Å². The molecule has 0 aromatic heterocycles. The number of aryl methyl sites for hydroxylation is 1. The summed E-state index contributed by atoms with van der Waals surface area (Å²) >= 11 is 0. The number of nitrogens with one attached hydrogen (secondary N) is 1. The van der Waals surface area contributed by atoms with Crippen molar-refractivity contribution >= 4 is 21.2 Å². The maximum Gasteiger partial charge on any atom is 0.501 e. The van der Waals surface area contributed by atoms with Gasteiger partial charge in [0.2, 0.25) is 0 Å². The summed E-state index contributed by atoms with van der Waals surface area (Å²) in [5.74, 6) is 0. The summed E-state index contributed by atoms with van der Waals surface area (Å²) in [4.78, 5) is 9.01. The lowest BCUT2D eigenvalue weighted by Crippen LogP contribution is -2.23. The Bertz CT molecular complexity index is 911. The molecule has 10 heteroatoms. The Hall–Kier alpha value is -2.62. The van der Waals surface area contributed by atoms with Crippen LogP contribution in [0.4, 0.5) is 24.5 Å². The maximum atomic E-state index is 12.6. The zero-order valence-corrected chi connectivity index (χ0v) is 13.7. The number of hydrogen-bond donors (Lipinski definition) is 1. The Morgan fingerprint density at radius 1 is 1.16 bits per heavy atom. The molecule has 0 spiro atoms. The minimum atomic E-state index is -5.66. The molecule has 0 aliphatic carbocycles. The van der Waals surface area contributed by atoms with Crippen LogP contribution < -0.4 is 5.32 Å². The van der Waals surface area contributed by atoms with Crippen LogP contribution in [0.5, 0.6) is 0 Å². The third-order valence-electron chi connectivity index (χ3n) is 3.51. The molecule has 25 heavy (non-hydrogen) atoms. The average molecular weight is 374 g/mol. The minimum absolute atomic E-state index is 0.0747. The molecule has 0 heterocycles. The van der Waals surface area contributed by atoms with E-state index in [4.69, 9.17) is 0 Å². The van der Waals surface area contributed by atoms with Crippen LogP contribution >= 0.6 is 0 Å². The number of nitro groups is 1. The Morgan fingerprint density at radius 3 is 2.36 bits per heavy atom. The molecule has 0 saturated carbocycles. The van der Waals surface area contributed by atoms with Gasteiger partial charge in [-0.3, -0.25) is 10.1 Å². The fourth-order valence-electron chi connectivity index (χ4n) is 2.11. The Kier molecular flexibility index (Phi) is 5.02. The number of hydrogen-bond acceptors (Lipinski definition) is 5. The second kappa shape index (κ2) is 6.71. The first-order chi connectivity index (χ1) is 11.5. The highest BCUT2D eigenvalue weighted by Crippen LogP contribution is 2.34. The summed E-state index contributed by atoms with van der Waals surface area (Å²) in [5, 5.41) is 13.9. The number of alkyl halides is 3. The van der Waals surface area contributed by atoms with Gasteiger partial charge in [-0.1, -0.05) is 24.3 Å². The molecule has 0 radical (unpaired) electrons. The number of benzene rings is 2. The molecule has 0 aliphatic rings. The van der Waals surface area contributed by atoms with Crippen molar-refractivity contribution in [1.29, 1.82) is 0 Å². The fraction of sp³-hybridized carbons (Fsp3) is 0.200. The van der Waals surface area contributed by atoms with Crippen LogP contribution in [0.1, 0.15) is 11.1 Å². The van der Waals surface area contributed by atoms with Crippen molar-refractivity contribution in [2.24, 2.45) is 0 Å². The van der Waals surface area contributed by atoms with Crippen molar-refractivity contribution in [1.82, 2.24) is 0 Å². The summed E-state index contributed by atoms with van der Waals surface area (Å²) in [5.41, 5.74) is -4.59. The summed E-state index contributed by atoms with van der Waals surface area (Å²) in [7, 11) is -5.66. The summed E-state index contributed by atoms with van der Waals surface area (Å²) in [6, 6.07) is 9.27. The fourth-order valence-corrected chi connectivity index (χ4v) is 2.89. The largest absolute Gasteiger partial charge is 0.501 e. The van der Waals surface area contributed by atoms with Gasteiger partial charge in [0, 0.05) is 12.6 Å². The molecule has 1 N–H and O–H groups in total. The molecular weight excluding hydrogens is 361 g/mol. The molecule has 2 rings (SSSR count). The van der Waals surface area contributed by atoms with E-state index in [2.05, 4.69) is 5.32 Å². The van der Waals surface area contributed by atoms with Gasteiger partial charge in [-0.15, -0.1) is 0 Å². The maximum absolute atomic E-state index is 12.6. The van der Waals surface area contributed by atoms with Crippen molar-refractivity contribution in [3.8, 4) is 0 Å². The Labute approximate surface area is 141 Å². The topological polar surface area (TPSA) is 89.3 Å². The molecular formula is C15H13F3N2O4S. The molecule has 0 unspecified atom stereocenters. The monoisotopic (exact) mass is 374 g/mol. The second-order valence-corrected chi connectivity index (χ2v) is 7.11. The van der Waals surface area contributed by atoms with Gasteiger partial charge >= 0.3 is 5.51 Å². The van der Waals surface area contributed by atoms with Gasteiger partial charge in [0.05, 0.1) is 9.82 Å². The predicted molar refractivity (Wildman–Crippen MR) is 84.8 cm³/mol. The van der Waals surface area contributed by atoms with Crippen molar-refractivity contribution in [3.05, 3.63) is 63.7 Å². The normalized spacial score (nSPS) is 12.0. The van der Waals surface area contributed by atoms with E-state index in [0.717, 1.165) is 17.2 Å². The summed E-state index contributed by atoms with van der Waals surface area (Å²) in [6.45, 7) is 2.03. The lowest BCUT2D eigenvalue weighted by atomic mass is 10.1. The summed E-state index contributed by atoms with van der Waals surface area (Å²) < 4.78 is 60.6. The Balaban J connectivity index is 2.38. The SMILES string of the molecule is Cc1ccccc1CNc1ccc(S(=O)(=O)C(F)(F)F)cc1[N+](=O)[O-]. The highest BCUT2D eigenvalue weighted by molar-refractivity contribution is 7.92. The number of anilines is 1. The van der Waals surface area contributed by atoms with Crippen molar-refractivity contribution < 1.29 is 26.5 Å². The Morgan fingerprint density at radius 2 is 1.80 bits per heavy atom. The van der Waals surface area contributed by atoms with Crippen molar-refractivity contribution in [3.63, 3.8) is 0 Å². The van der Waals surface area contributed by atoms with E-state index >= 15 is 0 Å². The predicted octanol–water partition coefficient (Wildman–Crippen LogP) is 3.81. The zero-order chi connectivity index (χ0) is 18.8. The third-order valence-corrected chi connectivity index (χ3v) is 5.00. The molecule has 134 valence electrons. The highest BCUT2D eigenvalue weighted by atomic mass is 32.2.